The van der Waals surface area contributed by atoms with Crippen LogP contribution in [-0.4, -0.2) is 22.0 Å². The van der Waals surface area contributed by atoms with Crippen LogP contribution in [0.25, 0.3) is 0 Å². The lowest BCUT2D eigenvalue weighted by molar-refractivity contribution is 0.0698. The zero-order valence-electron chi connectivity index (χ0n) is 10.6. The van der Waals surface area contributed by atoms with Gasteiger partial charge < -0.3 is 10.4 Å². The molecule has 1 aromatic heterocycles. The lowest BCUT2D eigenvalue weighted by Crippen LogP contribution is -2.16. The molecule has 2 N–H and O–H groups in total. The Kier molecular flexibility index (Phi) is 4.14. The predicted octanol–water partition coefficient (Wildman–Crippen LogP) is 3.10. The fraction of sp³-hybridized carbons (Fsp3) is 0.0714. The maximum atomic E-state index is 12.1. The first-order valence-electron chi connectivity index (χ1n) is 5.75. The van der Waals surface area contributed by atoms with Crippen molar-refractivity contribution in [2.45, 2.75) is 6.92 Å². The van der Waals surface area contributed by atoms with Gasteiger partial charge in [0, 0.05) is 10.2 Å². The molecule has 1 heterocycles. The smallest absolute Gasteiger partial charge is 0.337 e. The van der Waals surface area contributed by atoms with Gasteiger partial charge in [-0.15, -0.1) is 0 Å². The van der Waals surface area contributed by atoms with Crippen molar-refractivity contribution in [2.75, 3.05) is 5.32 Å². The van der Waals surface area contributed by atoms with E-state index in [1.54, 1.807) is 31.2 Å². The highest BCUT2D eigenvalue weighted by molar-refractivity contribution is 9.10. The second-order valence-electron chi connectivity index (χ2n) is 4.11. The van der Waals surface area contributed by atoms with Crippen LogP contribution in [0.15, 0.2) is 40.9 Å². The maximum Gasteiger partial charge on any atom is 0.337 e. The zero-order chi connectivity index (χ0) is 14.7. The van der Waals surface area contributed by atoms with E-state index >= 15 is 0 Å². The van der Waals surface area contributed by atoms with Crippen molar-refractivity contribution >= 4 is 33.5 Å². The van der Waals surface area contributed by atoms with Crippen LogP contribution < -0.4 is 5.32 Å². The van der Waals surface area contributed by atoms with E-state index in [-0.39, 0.29) is 16.9 Å². The Hall–Kier alpha value is -2.21. The van der Waals surface area contributed by atoms with Gasteiger partial charge in [0.05, 0.1) is 11.3 Å². The normalized spacial score (nSPS) is 10.1. The summed E-state index contributed by atoms with van der Waals surface area (Å²) in [6, 6.07) is 9.63. The van der Waals surface area contributed by atoms with Crippen molar-refractivity contribution in [3.05, 3.63) is 57.8 Å². The molecule has 0 aliphatic rings. The summed E-state index contributed by atoms with van der Waals surface area (Å²) in [7, 11) is 0. The van der Waals surface area contributed by atoms with Crippen molar-refractivity contribution < 1.29 is 14.7 Å². The summed E-state index contributed by atoms with van der Waals surface area (Å²) >= 11 is 3.24. The summed E-state index contributed by atoms with van der Waals surface area (Å²) in [6.07, 6.45) is 0. The van der Waals surface area contributed by atoms with Gasteiger partial charge in [0.2, 0.25) is 0 Å². The first kappa shape index (κ1) is 14.2. The molecule has 0 saturated carbocycles. The minimum Gasteiger partial charge on any atom is -0.478 e. The summed E-state index contributed by atoms with van der Waals surface area (Å²) in [5.41, 5.74) is 1.20. The number of hydrogen-bond acceptors (Lipinski definition) is 3. The topological polar surface area (TPSA) is 79.3 Å². The van der Waals surface area contributed by atoms with Gasteiger partial charge in [-0.1, -0.05) is 22.0 Å². The molecule has 20 heavy (non-hydrogen) atoms. The summed E-state index contributed by atoms with van der Waals surface area (Å²) < 4.78 is 0.676. The second kappa shape index (κ2) is 5.83. The highest BCUT2D eigenvalue weighted by Crippen LogP contribution is 2.22. The van der Waals surface area contributed by atoms with Crippen LogP contribution in [0.5, 0.6) is 0 Å². The first-order chi connectivity index (χ1) is 9.47. The highest BCUT2D eigenvalue weighted by atomic mass is 79.9. The lowest BCUT2D eigenvalue weighted by Gasteiger charge is -2.09. The molecule has 0 bridgehead atoms. The summed E-state index contributed by atoms with van der Waals surface area (Å²) in [4.78, 5) is 27.3. The molecule has 1 amide bonds. The second-order valence-corrected chi connectivity index (χ2v) is 5.03. The average Bonchev–Trinajstić information content (AvgIpc) is 2.38. The number of aryl methyl sites for hydroxylation is 1. The van der Waals surface area contributed by atoms with E-state index in [0.717, 1.165) is 0 Å². The largest absolute Gasteiger partial charge is 0.478 e. The molecule has 0 saturated heterocycles. The number of benzene rings is 1. The summed E-state index contributed by atoms with van der Waals surface area (Å²) in [6.45, 7) is 1.78. The van der Waals surface area contributed by atoms with Crippen LogP contribution in [0, 0.1) is 6.92 Å². The van der Waals surface area contributed by atoms with Crippen molar-refractivity contribution in [3.63, 3.8) is 0 Å². The van der Waals surface area contributed by atoms with Crippen LogP contribution in [-0.2, 0) is 0 Å². The minimum absolute atomic E-state index is 0.0224. The standard InChI is InChI=1S/C14H11BrN2O3/c1-8-3-2-4-11(16-8)13(18)17-12-7-9(15)5-6-10(12)14(19)20/h2-7H,1H3,(H,17,18)(H,19,20). The number of anilines is 1. The van der Waals surface area contributed by atoms with Gasteiger partial charge in [0.25, 0.3) is 5.91 Å². The molecule has 0 spiro atoms. The van der Waals surface area contributed by atoms with Gasteiger partial charge >= 0.3 is 5.97 Å². The monoisotopic (exact) mass is 334 g/mol. The molecule has 5 nitrogen and oxygen atoms in total. The van der Waals surface area contributed by atoms with Crippen LogP contribution >= 0.6 is 15.9 Å². The van der Waals surface area contributed by atoms with E-state index in [2.05, 4.69) is 26.2 Å². The van der Waals surface area contributed by atoms with Crippen molar-refractivity contribution in [1.29, 1.82) is 0 Å². The number of amides is 1. The average molecular weight is 335 g/mol. The number of carboxylic acids is 1. The fourth-order valence-electron chi connectivity index (χ4n) is 1.66. The number of nitrogens with one attached hydrogen (secondary N) is 1. The molecule has 0 aliphatic heterocycles. The van der Waals surface area contributed by atoms with E-state index in [1.165, 1.54) is 12.1 Å². The third kappa shape index (κ3) is 3.21. The molecule has 0 unspecified atom stereocenters. The SMILES string of the molecule is Cc1cccc(C(=O)Nc2cc(Br)ccc2C(=O)O)n1. The van der Waals surface area contributed by atoms with E-state index in [1.807, 2.05) is 0 Å². The summed E-state index contributed by atoms with van der Waals surface area (Å²) in [5.74, 6) is -1.56. The zero-order valence-corrected chi connectivity index (χ0v) is 12.1. The highest BCUT2D eigenvalue weighted by Gasteiger charge is 2.14. The Bertz CT molecular complexity index is 686. The molecule has 2 rings (SSSR count). The molecular weight excluding hydrogens is 324 g/mol. The van der Waals surface area contributed by atoms with E-state index in [4.69, 9.17) is 5.11 Å². The van der Waals surface area contributed by atoms with Crippen molar-refractivity contribution in [2.24, 2.45) is 0 Å². The van der Waals surface area contributed by atoms with Crippen LogP contribution in [0.2, 0.25) is 0 Å². The number of carbonyl (C=O) groups is 2. The third-order valence-corrected chi connectivity index (χ3v) is 3.07. The Morgan fingerprint density at radius 3 is 2.65 bits per heavy atom. The number of carbonyl (C=O) groups excluding carboxylic acids is 1. The molecule has 0 aliphatic carbocycles. The van der Waals surface area contributed by atoms with Crippen molar-refractivity contribution in [3.8, 4) is 0 Å². The lowest BCUT2D eigenvalue weighted by atomic mass is 10.1. The Morgan fingerprint density at radius 2 is 2.00 bits per heavy atom. The number of aromatic carboxylic acids is 1. The van der Waals surface area contributed by atoms with Gasteiger partial charge in [0.15, 0.2) is 0 Å². The van der Waals surface area contributed by atoms with Gasteiger partial charge in [-0.2, -0.15) is 0 Å². The van der Waals surface area contributed by atoms with Crippen LogP contribution in [0.3, 0.4) is 0 Å². The minimum atomic E-state index is -1.11. The number of nitrogens with zero attached hydrogens (tertiary/aromatic N) is 1. The van der Waals surface area contributed by atoms with Gasteiger partial charge in [0.1, 0.15) is 5.69 Å². The molecule has 6 heteroatoms. The summed E-state index contributed by atoms with van der Waals surface area (Å²) in [5, 5.41) is 11.7. The Balaban J connectivity index is 2.32. The van der Waals surface area contributed by atoms with E-state index < -0.39 is 11.9 Å². The number of aromatic nitrogens is 1. The number of pyridine rings is 1. The first-order valence-corrected chi connectivity index (χ1v) is 6.54. The molecule has 1 aromatic carbocycles. The molecular formula is C14H11BrN2O3. The van der Waals surface area contributed by atoms with E-state index in [9.17, 15) is 9.59 Å². The van der Waals surface area contributed by atoms with Gasteiger partial charge in [-0.3, -0.25) is 4.79 Å². The number of halogens is 1. The van der Waals surface area contributed by atoms with E-state index in [0.29, 0.717) is 10.2 Å². The molecule has 0 radical (unpaired) electrons. The number of rotatable bonds is 3. The fourth-order valence-corrected chi connectivity index (χ4v) is 2.02. The number of carboxylic acid groups (broad SMARTS) is 1. The van der Waals surface area contributed by atoms with Gasteiger partial charge in [-0.25, -0.2) is 9.78 Å². The van der Waals surface area contributed by atoms with Crippen molar-refractivity contribution in [1.82, 2.24) is 4.98 Å². The molecule has 2 aromatic rings. The Labute approximate surface area is 123 Å². The molecule has 0 fully saturated rings. The molecule has 0 atom stereocenters. The Morgan fingerprint density at radius 1 is 1.25 bits per heavy atom. The quantitative estimate of drug-likeness (QED) is 0.903. The predicted molar refractivity (Wildman–Crippen MR) is 78.0 cm³/mol. The van der Waals surface area contributed by atoms with Crippen LogP contribution in [0.4, 0.5) is 5.69 Å². The van der Waals surface area contributed by atoms with Crippen LogP contribution in [0.1, 0.15) is 26.5 Å². The maximum absolute atomic E-state index is 12.1. The number of hydrogen-bond donors (Lipinski definition) is 2. The van der Waals surface area contributed by atoms with Gasteiger partial charge in [-0.05, 0) is 37.3 Å². The molecule has 102 valence electrons. The third-order valence-electron chi connectivity index (χ3n) is 2.58.